The van der Waals surface area contributed by atoms with Gasteiger partial charge in [-0.2, -0.15) is 0 Å². The second-order valence-electron chi connectivity index (χ2n) is 3.97. The third kappa shape index (κ3) is 2.39. The smallest absolute Gasteiger partial charge is 0.305 e. The summed E-state index contributed by atoms with van der Waals surface area (Å²) in [6.45, 7) is 0.480. The standard InChI is InChI=1S/C10H9Br2N3O3/c11-2-6-1-9(16)14(5-6)10-7(12)3-13-4-8(10)15(17)18/h3-4,6H,1-2,5H2. The van der Waals surface area contributed by atoms with E-state index in [4.69, 9.17) is 0 Å². The Hall–Kier alpha value is -1.02. The number of carbonyl (C=O) groups is 1. The highest BCUT2D eigenvalue weighted by Crippen LogP contribution is 2.38. The van der Waals surface area contributed by atoms with Gasteiger partial charge >= 0.3 is 5.69 Å². The quantitative estimate of drug-likeness (QED) is 0.460. The average Bonchev–Trinajstić information content (AvgIpc) is 2.70. The fourth-order valence-electron chi connectivity index (χ4n) is 1.92. The zero-order chi connectivity index (χ0) is 13.3. The van der Waals surface area contributed by atoms with Crippen molar-refractivity contribution >= 4 is 49.1 Å². The van der Waals surface area contributed by atoms with Crippen molar-refractivity contribution < 1.29 is 9.72 Å². The van der Waals surface area contributed by atoms with E-state index >= 15 is 0 Å². The molecule has 1 fully saturated rings. The van der Waals surface area contributed by atoms with Crippen LogP contribution < -0.4 is 4.90 Å². The van der Waals surface area contributed by atoms with E-state index in [-0.39, 0.29) is 17.5 Å². The molecule has 1 aromatic rings. The van der Waals surface area contributed by atoms with Gasteiger partial charge in [0, 0.05) is 24.5 Å². The number of alkyl halides is 1. The summed E-state index contributed by atoms with van der Waals surface area (Å²) in [7, 11) is 0. The number of halogens is 2. The summed E-state index contributed by atoms with van der Waals surface area (Å²) in [5.41, 5.74) is 0.136. The van der Waals surface area contributed by atoms with E-state index in [1.165, 1.54) is 11.1 Å². The summed E-state index contributed by atoms with van der Waals surface area (Å²) in [6, 6.07) is 0. The first-order valence-electron chi connectivity index (χ1n) is 5.18. The van der Waals surface area contributed by atoms with E-state index < -0.39 is 4.92 Å². The molecular weight excluding hydrogens is 370 g/mol. The average molecular weight is 379 g/mol. The monoisotopic (exact) mass is 377 g/mol. The van der Waals surface area contributed by atoms with Gasteiger partial charge in [-0.25, -0.2) is 0 Å². The Bertz CT molecular complexity index is 509. The Morgan fingerprint density at radius 1 is 1.56 bits per heavy atom. The van der Waals surface area contributed by atoms with Crippen molar-refractivity contribution in [2.75, 3.05) is 16.8 Å². The maximum absolute atomic E-state index is 11.9. The summed E-state index contributed by atoms with van der Waals surface area (Å²) < 4.78 is 0.459. The number of rotatable bonds is 3. The third-order valence-corrected chi connectivity index (χ3v) is 4.24. The van der Waals surface area contributed by atoms with Gasteiger partial charge in [-0.15, -0.1) is 0 Å². The Balaban J connectivity index is 2.45. The van der Waals surface area contributed by atoms with Crippen molar-refractivity contribution in [3.8, 4) is 0 Å². The maximum atomic E-state index is 11.9. The lowest BCUT2D eigenvalue weighted by Gasteiger charge is -2.17. The van der Waals surface area contributed by atoms with E-state index in [9.17, 15) is 14.9 Å². The fraction of sp³-hybridized carbons (Fsp3) is 0.400. The summed E-state index contributed by atoms with van der Waals surface area (Å²) in [5, 5.41) is 11.7. The van der Waals surface area contributed by atoms with Crippen LogP contribution in [0, 0.1) is 16.0 Å². The second-order valence-corrected chi connectivity index (χ2v) is 5.48. The van der Waals surface area contributed by atoms with Gasteiger partial charge in [0.05, 0.1) is 9.40 Å². The molecule has 1 aromatic heterocycles. The van der Waals surface area contributed by atoms with Crippen LogP contribution in [0.1, 0.15) is 6.42 Å². The lowest BCUT2D eigenvalue weighted by molar-refractivity contribution is -0.384. The molecule has 0 saturated carbocycles. The zero-order valence-electron chi connectivity index (χ0n) is 9.18. The second kappa shape index (κ2) is 5.31. The molecule has 8 heteroatoms. The Morgan fingerprint density at radius 3 is 2.83 bits per heavy atom. The molecule has 0 bridgehead atoms. The zero-order valence-corrected chi connectivity index (χ0v) is 12.3. The molecule has 2 rings (SSSR count). The molecule has 1 amide bonds. The number of nitro groups is 1. The van der Waals surface area contributed by atoms with Crippen molar-refractivity contribution in [2.45, 2.75) is 6.42 Å². The Morgan fingerprint density at radius 2 is 2.28 bits per heavy atom. The molecule has 1 atom stereocenters. The summed E-state index contributed by atoms with van der Waals surface area (Å²) in [6.07, 6.45) is 3.02. The molecule has 18 heavy (non-hydrogen) atoms. The van der Waals surface area contributed by atoms with E-state index in [0.717, 1.165) is 6.20 Å². The van der Waals surface area contributed by atoms with Crippen LogP contribution in [0.2, 0.25) is 0 Å². The van der Waals surface area contributed by atoms with Crippen molar-refractivity contribution in [1.82, 2.24) is 4.98 Å². The predicted octanol–water partition coefficient (Wildman–Crippen LogP) is 2.50. The summed E-state index contributed by atoms with van der Waals surface area (Å²) >= 11 is 6.56. The molecule has 1 aliphatic heterocycles. The van der Waals surface area contributed by atoms with Crippen molar-refractivity contribution in [3.63, 3.8) is 0 Å². The van der Waals surface area contributed by atoms with Gasteiger partial charge in [0.2, 0.25) is 5.91 Å². The van der Waals surface area contributed by atoms with Gasteiger partial charge in [0.15, 0.2) is 0 Å². The molecule has 6 nitrogen and oxygen atoms in total. The van der Waals surface area contributed by atoms with Crippen LogP contribution in [0.25, 0.3) is 0 Å². The SMILES string of the molecule is O=C1CC(CBr)CN1c1c(Br)cncc1[N+](=O)[O-]. The van der Waals surface area contributed by atoms with Gasteiger partial charge in [-0.05, 0) is 21.8 Å². The summed E-state index contributed by atoms with van der Waals surface area (Å²) in [5.74, 6) is 0.0756. The van der Waals surface area contributed by atoms with Gasteiger partial charge in [-0.1, -0.05) is 15.9 Å². The number of anilines is 1. The first-order valence-corrected chi connectivity index (χ1v) is 7.10. The molecular formula is C10H9Br2N3O3. The number of pyridine rings is 1. The van der Waals surface area contributed by atoms with Gasteiger partial charge in [0.1, 0.15) is 11.9 Å². The fourth-order valence-corrected chi connectivity index (χ4v) is 2.89. The van der Waals surface area contributed by atoms with Crippen LogP contribution in [0.15, 0.2) is 16.9 Å². The number of nitrogens with zero attached hydrogens (tertiary/aromatic N) is 3. The molecule has 1 aliphatic rings. The van der Waals surface area contributed by atoms with Crippen LogP contribution in [0.3, 0.4) is 0 Å². The molecule has 1 saturated heterocycles. The number of aromatic nitrogens is 1. The topological polar surface area (TPSA) is 76.3 Å². The predicted molar refractivity (Wildman–Crippen MR) is 72.8 cm³/mol. The van der Waals surface area contributed by atoms with E-state index in [0.29, 0.717) is 28.5 Å². The number of hydrogen-bond acceptors (Lipinski definition) is 4. The molecule has 0 spiro atoms. The lowest BCUT2D eigenvalue weighted by Crippen LogP contribution is -2.26. The van der Waals surface area contributed by atoms with Crippen molar-refractivity contribution in [1.29, 1.82) is 0 Å². The number of hydrogen-bond donors (Lipinski definition) is 0. The Kier molecular flexibility index (Phi) is 3.96. The minimum atomic E-state index is -0.526. The lowest BCUT2D eigenvalue weighted by atomic mass is 10.2. The van der Waals surface area contributed by atoms with Crippen LogP contribution >= 0.6 is 31.9 Å². The Labute approximate surface area is 120 Å². The minimum Gasteiger partial charge on any atom is -0.305 e. The van der Waals surface area contributed by atoms with Crippen LogP contribution in [0.4, 0.5) is 11.4 Å². The molecule has 1 unspecified atom stereocenters. The van der Waals surface area contributed by atoms with Crippen LogP contribution in [-0.4, -0.2) is 27.7 Å². The van der Waals surface area contributed by atoms with E-state index in [1.54, 1.807) is 0 Å². The first kappa shape index (κ1) is 13.4. The molecule has 96 valence electrons. The molecule has 2 heterocycles. The molecule has 0 radical (unpaired) electrons. The normalized spacial score (nSPS) is 19.3. The minimum absolute atomic E-state index is 0.102. The van der Waals surface area contributed by atoms with E-state index in [1.807, 2.05) is 0 Å². The largest absolute Gasteiger partial charge is 0.312 e. The number of carbonyl (C=O) groups excluding carboxylic acids is 1. The van der Waals surface area contributed by atoms with Gasteiger partial charge < -0.3 is 4.90 Å². The van der Waals surface area contributed by atoms with E-state index in [2.05, 4.69) is 36.8 Å². The highest BCUT2D eigenvalue weighted by Gasteiger charge is 2.35. The maximum Gasteiger partial charge on any atom is 0.312 e. The van der Waals surface area contributed by atoms with Crippen molar-refractivity contribution in [3.05, 3.63) is 27.0 Å². The highest BCUT2D eigenvalue weighted by atomic mass is 79.9. The summed E-state index contributed by atoms with van der Waals surface area (Å²) in [4.78, 5) is 27.6. The van der Waals surface area contributed by atoms with Gasteiger partial charge in [0.25, 0.3) is 0 Å². The molecule has 0 N–H and O–H groups in total. The van der Waals surface area contributed by atoms with Crippen molar-refractivity contribution in [2.24, 2.45) is 5.92 Å². The third-order valence-electron chi connectivity index (χ3n) is 2.74. The van der Waals surface area contributed by atoms with Crippen LogP contribution in [0.5, 0.6) is 0 Å². The van der Waals surface area contributed by atoms with Crippen LogP contribution in [-0.2, 0) is 4.79 Å². The highest BCUT2D eigenvalue weighted by molar-refractivity contribution is 9.10. The number of amides is 1. The molecule has 0 aliphatic carbocycles. The molecule has 0 aromatic carbocycles. The first-order chi connectivity index (χ1) is 8.54. The van der Waals surface area contributed by atoms with Gasteiger partial charge in [-0.3, -0.25) is 19.9 Å².